The standard InChI is InChI=1S/C17H28N6S/c1-18-16(22-10-9-21-15-13-19-7-8-20-15)23-11-12-24-17(14-23)5-3-2-4-6-17/h7-8,13H,2-6,9-12,14H2,1H3,(H,18,22)(H,20,21). The summed E-state index contributed by atoms with van der Waals surface area (Å²) >= 11 is 2.19. The zero-order chi connectivity index (χ0) is 16.7. The second-order valence-electron chi connectivity index (χ2n) is 6.51. The van der Waals surface area contributed by atoms with Gasteiger partial charge in [0, 0.05) is 56.1 Å². The summed E-state index contributed by atoms with van der Waals surface area (Å²) in [5, 5.41) is 6.76. The van der Waals surface area contributed by atoms with E-state index in [0.29, 0.717) is 4.75 Å². The van der Waals surface area contributed by atoms with Gasteiger partial charge in [0.25, 0.3) is 0 Å². The van der Waals surface area contributed by atoms with Crippen molar-refractivity contribution in [2.24, 2.45) is 4.99 Å². The molecule has 7 heteroatoms. The molecule has 0 aromatic carbocycles. The molecular weight excluding hydrogens is 320 g/mol. The second-order valence-corrected chi connectivity index (χ2v) is 8.07. The van der Waals surface area contributed by atoms with E-state index in [0.717, 1.165) is 38.0 Å². The molecule has 1 aromatic rings. The van der Waals surface area contributed by atoms with Gasteiger partial charge in [0.15, 0.2) is 5.96 Å². The van der Waals surface area contributed by atoms with Crippen LogP contribution in [0.2, 0.25) is 0 Å². The number of hydrogen-bond acceptors (Lipinski definition) is 5. The zero-order valence-electron chi connectivity index (χ0n) is 14.5. The summed E-state index contributed by atoms with van der Waals surface area (Å²) in [6, 6.07) is 0. The third-order valence-corrected chi connectivity index (χ3v) is 6.34. The third-order valence-electron chi connectivity index (χ3n) is 4.80. The Morgan fingerprint density at radius 1 is 1.29 bits per heavy atom. The van der Waals surface area contributed by atoms with E-state index in [1.165, 1.54) is 37.9 Å². The van der Waals surface area contributed by atoms with Gasteiger partial charge in [0.1, 0.15) is 5.82 Å². The van der Waals surface area contributed by atoms with Crippen molar-refractivity contribution < 1.29 is 0 Å². The topological polar surface area (TPSA) is 65.4 Å². The summed E-state index contributed by atoms with van der Waals surface area (Å²) in [4.78, 5) is 15.2. The predicted molar refractivity (Wildman–Crippen MR) is 102 cm³/mol. The van der Waals surface area contributed by atoms with Gasteiger partial charge >= 0.3 is 0 Å². The van der Waals surface area contributed by atoms with Gasteiger partial charge < -0.3 is 15.5 Å². The third kappa shape index (κ3) is 4.53. The lowest BCUT2D eigenvalue weighted by Gasteiger charge is -2.45. The molecule has 0 atom stereocenters. The molecule has 2 fully saturated rings. The maximum atomic E-state index is 4.50. The highest BCUT2D eigenvalue weighted by Crippen LogP contribution is 2.42. The first kappa shape index (κ1) is 17.3. The Kier molecular flexibility index (Phi) is 6.18. The van der Waals surface area contributed by atoms with Crippen molar-refractivity contribution in [2.75, 3.05) is 44.3 Å². The number of aliphatic imine (C=N–C) groups is 1. The Bertz CT molecular complexity index is 524. The first-order valence-corrected chi connectivity index (χ1v) is 9.89. The average Bonchev–Trinajstić information content (AvgIpc) is 2.63. The van der Waals surface area contributed by atoms with Crippen molar-refractivity contribution in [3.8, 4) is 0 Å². The number of hydrogen-bond donors (Lipinski definition) is 2. The number of nitrogens with one attached hydrogen (secondary N) is 2. The maximum Gasteiger partial charge on any atom is 0.193 e. The monoisotopic (exact) mass is 348 g/mol. The van der Waals surface area contributed by atoms with E-state index in [2.05, 4.69) is 42.3 Å². The molecule has 1 saturated carbocycles. The molecule has 0 amide bonds. The number of rotatable bonds is 4. The Morgan fingerprint density at radius 3 is 2.92 bits per heavy atom. The highest BCUT2D eigenvalue weighted by atomic mass is 32.2. The summed E-state index contributed by atoms with van der Waals surface area (Å²) in [5.41, 5.74) is 0. The Balaban J connectivity index is 1.47. The predicted octanol–water partition coefficient (Wildman–Crippen LogP) is 2.22. The van der Waals surface area contributed by atoms with Crippen molar-refractivity contribution in [3.05, 3.63) is 18.6 Å². The Morgan fingerprint density at radius 2 is 2.17 bits per heavy atom. The van der Waals surface area contributed by atoms with Crippen LogP contribution in [0.5, 0.6) is 0 Å². The summed E-state index contributed by atoms with van der Waals surface area (Å²) in [6.45, 7) is 3.84. The van der Waals surface area contributed by atoms with Crippen LogP contribution in [0.1, 0.15) is 32.1 Å². The van der Waals surface area contributed by atoms with Gasteiger partial charge in [0.2, 0.25) is 0 Å². The van der Waals surface area contributed by atoms with E-state index in [1.807, 2.05) is 7.05 Å². The molecule has 0 bridgehead atoms. The van der Waals surface area contributed by atoms with E-state index in [-0.39, 0.29) is 0 Å². The molecule has 0 unspecified atom stereocenters. The SMILES string of the molecule is CN=C(NCCNc1cnccn1)N1CCSC2(CCCCC2)C1. The van der Waals surface area contributed by atoms with Gasteiger partial charge in [-0.1, -0.05) is 19.3 Å². The van der Waals surface area contributed by atoms with E-state index in [1.54, 1.807) is 18.6 Å². The molecule has 2 heterocycles. The van der Waals surface area contributed by atoms with Crippen molar-refractivity contribution >= 4 is 23.5 Å². The molecule has 1 aliphatic heterocycles. The van der Waals surface area contributed by atoms with Crippen LogP contribution in [0.4, 0.5) is 5.82 Å². The molecule has 132 valence electrons. The van der Waals surface area contributed by atoms with Crippen molar-refractivity contribution in [1.82, 2.24) is 20.2 Å². The largest absolute Gasteiger partial charge is 0.367 e. The van der Waals surface area contributed by atoms with Gasteiger partial charge in [-0.15, -0.1) is 0 Å². The van der Waals surface area contributed by atoms with Crippen molar-refractivity contribution in [3.63, 3.8) is 0 Å². The van der Waals surface area contributed by atoms with Crippen molar-refractivity contribution in [2.45, 2.75) is 36.9 Å². The molecule has 0 radical (unpaired) electrons. The van der Waals surface area contributed by atoms with Crippen LogP contribution >= 0.6 is 11.8 Å². The molecule has 1 aromatic heterocycles. The minimum Gasteiger partial charge on any atom is -0.367 e. The first-order valence-electron chi connectivity index (χ1n) is 8.91. The fraction of sp³-hybridized carbons (Fsp3) is 0.706. The summed E-state index contributed by atoms with van der Waals surface area (Å²) < 4.78 is 0.464. The fourth-order valence-corrected chi connectivity index (χ4v) is 5.18. The summed E-state index contributed by atoms with van der Waals surface area (Å²) in [6.07, 6.45) is 12.0. The highest BCUT2D eigenvalue weighted by molar-refractivity contribution is 8.00. The zero-order valence-corrected chi connectivity index (χ0v) is 15.3. The molecule has 2 aliphatic rings. The molecule has 1 aliphatic carbocycles. The van der Waals surface area contributed by atoms with E-state index >= 15 is 0 Å². The smallest absolute Gasteiger partial charge is 0.193 e. The number of guanidine groups is 1. The average molecular weight is 349 g/mol. The Labute approximate surface area is 148 Å². The molecule has 1 spiro atoms. The molecule has 24 heavy (non-hydrogen) atoms. The minimum absolute atomic E-state index is 0.464. The maximum absolute atomic E-state index is 4.50. The first-order chi connectivity index (χ1) is 11.8. The van der Waals surface area contributed by atoms with E-state index < -0.39 is 0 Å². The van der Waals surface area contributed by atoms with Gasteiger partial charge in [-0.2, -0.15) is 11.8 Å². The fourth-order valence-electron chi connectivity index (χ4n) is 3.61. The normalized spacial score (nSPS) is 20.9. The highest BCUT2D eigenvalue weighted by Gasteiger charge is 2.38. The van der Waals surface area contributed by atoms with Crippen LogP contribution in [0.3, 0.4) is 0 Å². The van der Waals surface area contributed by atoms with E-state index in [4.69, 9.17) is 0 Å². The summed E-state index contributed by atoms with van der Waals surface area (Å²) in [7, 11) is 1.88. The van der Waals surface area contributed by atoms with Crippen LogP contribution < -0.4 is 10.6 Å². The van der Waals surface area contributed by atoms with Crippen LogP contribution in [0.15, 0.2) is 23.6 Å². The molecular formula is C17H28N6S. The Hall–Kier alpha value is -1.50. The molecule has 3 rings (SSSR count). The number of thioether (sulfide) groups is 1. The van der Waals surface area contributed by atoms with Crippen molar-refractivity contribution in [1.29, 1.82) is 0 Å². The van der Waals surface area contributed by atoms with Gasteiger partial charge in [-0.05, 0) is 12.8 Å². The van der Waals surface area contributed by atoms with Gasteiger partial charge in [0.05, 0.1) is 6.20 Å². The van der Waals surface area contributed by atoms with Gasteiger partial charge in [-0.3, -0.25) is 9.98 Å². The van der Waals surface area contributed by atoms with Crippen LogP contribution in [0.25, 0.3) is 0 Å². The lowest BCUT2D eigenvalue weighted by Crippen LogP contribution is -2.53. The number of aromatic nitrogens is 2. The summed E-state index contributed by atoms with van der Waals surface area (Å²) in [5.74, 6) is 3.05. The van der Waals surface area contributed by atoms with Gasteiger partial charge in [-0.25, -0.2) is 4.98 Å². The lowest BCUT2D eigenvalue weighted by molar-refractivity contribution is 0.293. The minimum atomic E-state index is 0.464. The van der Waals surface area contributed by atoms with Crippen LogP contribution in [0, 0.1) is 0 Å². The van der Waals surface area contributed by atoms with Crippen LogP contribution in [-0.4, -0.2) is 64.6 Å². The number of nitrogens with zero attached hydrogens (tertiary/aromatic N) is 4. The van der Waals surface area contributed by atoms with Crippen LogP contribution in [-0.2, 0) is 0 Å². The number of anilines is 1. The lowest BCUT2D eigenvalue weighted by atomic mass is 9.87. The molecule has 1 saturated heterocycles. The molecule has 6 nitrogen and oxygen atoms in total. The quantitative estimate of drug-likeness (QED) is 0.494. The van der Waals surface area contributed by atoms with E-state index in [9.17, 15) is 0 Å². The second kappa shape index (κ2) is 8.55. The molecule has 2 N–H and O–H groups in total.